The van der Waals surface area contributed by atoms with E-state index < -0.39 is 5.97 Å². The van der Waals surface area contributed by atoms with Crippen molar-refractivity contribution in [2.24, 2.45) is 0 Å². The van der Waals surface area contributed by atoms with Gasteiger partial charge in [-0.15, -0.1) is 0 Å². The van der Waals surface area contributed by atoms with Crippen LogP contribution in [0.25, 0.3) is 22.4 Å². The van der Waals surface area contributed by atoms with E-state index in [0.717, 1.165) is 16.5 Å². The van der Waals surface area contributed by atoms with Crippen molar-refractivity contribution in [1.29, 1.82) is 0 Å². The summed E-state index contributed by atoms with van der Waals surface area (Å²) in [4.78, 5) is 17.5. The van der Waals surface area contributed by atoms with Gasteiger partial charge in [0.05, 0.1) is 12.5 Å². The maximum atomic E-state index is 10.7. The largest absolute Gasteiger partial charge is 0.477 e. The minimum absolute atomic E-state index is 0.0690. The zero-order valence-corrected chi connectivity index (χ0v) is 8.68. The topological polar surface area (TPSA) is 79.1 Å². The fourth-order valence-corrected chi connectivity index (χ4v) is 1.68. The molecule has 17 heavy (non-hydrogen) atoms. The lowest BCUT2D eigenvalue weighted by Crippen LogP contribution is -1.95. The smallest absolute Gasteiger partial charge is 0.353 e. The number of hydrogen-bond donors (Lipinski definition) is 2. The van der Waals surface area contributed by atoms with E-state index in [-0.39, 0.29) is 5.69 Å². The summed E-state index contributed by atoms with van der Waals surface area (Å²) in [7, 11) is 0. The number of carboxylic acids is 1. The number of hydrogen-bond acceptors (Lipinski definition) is 3. The normalized spacial score (nSPS) is 10.8. The van der Waals surface area contributed by atoms with Crippen LogP contribution in [0.15, 0.2) is 41.1 Å². The van der Waals surface area contributed by atoms with E-state index in [9.17, 15) is 4.79 Å². The summed E-state index contributed by atoms with van der Waals surface area (Å²) in [5.74, 6) is -0.511. The predicted octanol–water partition coefficient (Wildman–Crippen LogP) is 2.52. The Morgan fingerprint density at radius 3 is 3.00 bits per heavy atom. The zero-order chi connectivity index (χ0) is 11.8. The number of rotatable bonds is 2. The maximum absolute atomic E-state index is 10.7. The number of furan rings is 1. The summed E-state index contributed by atoms with van der Waals surface area (Å²) in [5.41, 5.74) is 1.61. The first-order valence-electron chi connectivity index (χ1n) is 5.00. The number of carbonyl (C=O) groups is 1. The summed E-state index contributed by atoms with van der Waals surface area (Å²) in [6.07, 6.45) is 2.91. The van der Waals surface area contributed by atoms with Crippen LogP contribution >= 0.6 is 0 Å². The molecular formula is C12H8N2O3. The lowest BCUT2D eigenvalue weighted by Gasteiger charge is -1.96. The van der Waals surface area contributed by atoms with Crippen molar-refractivity contribution >= 4 is 16.9 Å². The van der Waals surface area contributed by atoms with E-state index in [1.807, 2.05) is 24.3 Å². The Hall–Kier alpha value is -2.56. The molecule has 1 aromatic carbocycles. The van der Waals surface area contributed by atoms with Crippen LogP contribution in [0.5, 0.6) is 0 Å². The number of fused-ring (bicyclic) bond motifs is 1. The molecule has 84 valence electrons. The number of nitrogens with one attached hydrogen (secondary N) is 1. The number of aromatic carboxylic acids is 1. The van der Waals surface area contributed by atoms with Gasteiger partial charge < -0.3 is 14.5 Å². The Morgan fingerprint density at radius 1 is 1.35 bits per heavy atom. The highest BCUT2D eigenvalue weighted by Gasteiger charge is 2.09. The molecule has 0 unspecified atom stereocenters. The predicted molar refractivity (Wildman–Crippen MR) is 60.8 cm³/mol. The standard InChI is InChI=1S/C12H8N2O3/c15-12(16)9-6-13-11(14-9)8-2-1-7-3-4-17-10(7)5-8/h1-6H,(H,13,14)(H,15,16). The molecule has 0 atom stereocenters. The zero-order valence-electron chi connectivity index (χ0n) is 8.68. The molecule has 0 aliphatic heterocycles. The molecule has 3 rings (SSSR count). The lowest BCUT2D eigenvalue weighted by molar-refractivity contribution is 0.0691. The first-order chi connectivity index (χ1) is 8.24. The quantitative estimate of drug-likeness (QED) is 0.706. The van der Waals surface area contributed by atoms with E-state index in [4.69, 9.17) is 9.52 Å². The molecule has 2 N–H and O–H groups in total. The van der Waals surface area contributed by atoms with Crippen LogP contribution in [0.2, 0.25) is 0 Å². The van der Waals surface area contributed by atoms with Gasteiger partial charge in [0.2, 0.25) is 0 Å². The van der Waals surface area contributed by atoms with Gasteiger partial charge in [-0.1, -0.05) is 12.1 Å². The molecular weight excluding hydrogens is 220 g/mol. The van der Waals surface area contributed by atoms with Gasteiger partial charge in [0.15, 0.2) is 0 Å². The minimum atomic E-state index is -1.03. The van der Waals surface area contributed by atoms with Crippen molar-refractivity contribution < 1.29 is 14.3 Å². The van der Waals surface area contributed by atoms with Crippen molar-refractivity contribution in [2.45, 2.75) is 0 Å². The Balaban J connectivity index is 2.09. The molecule has 0 bridgehead atoms. The van der Waals surface area contributed by atoms with E-state index in [1.54, 1.807) is 6.26 Å². The molecule has 0 saturated heterocycles. The molecule has 5 nitrogen and oxygen atoms in total. The van der Waals surface area contributed by atoms with Crippen molar-refractivity contribution in [3.8, 4) is 11.4 Å². The summed E-state index contributed by atoms with van der Waals surface area (Å²) >= 11 is 0. The van der Waals surface area contributed by atoms with Crippen molar-refractivity contribution in [3.05, 3.63) is 42.4 Å². The Kier molecular flexibility index (Phi) is 1.98. The van der Waals surface area contributed by atoms with Gasteiger partial charge in [0.25, 0.3) is 0 Å². The van der Waals surface area contributed by atoms with Gasteiger partial charge in [0, 0.05) is 10.9 Å². The Bertz CT molecular complexity index is 696. The van der Waals surface area contributed by atoms with Gasteiger partial charge in [0.1, 0.15) is 17.1 Å². The molecule has 0 saturated carbocycles. The van der Waals surface area contributed by atoms with Gasteiger partial charge in [-0.25, -0.2) is 9.78 Å². The molecule has 3 aromatic rings. The fourth-order valence-electron chi connectivity index (χ4n) is 1.68. The molecule has 0 fully saturated rings. The molecule has 0 aliphatic carbocycles. The third kappa shape index (κ3) is 1.57. The number of aromatic amines is 1. The third-order valence-electron chi connectivity index (χ3n) is 2.54. The molecule has 0 spiro atoms. The van der Waals surface area contributed by atoms with Crippen molar-refractivity contribution in [1.82, 2.24) is 9.97 Å². The third-order valence-corrected chi connectivity index (χ3v) is 2.54. The monoisotopic (exact) mass is 228 g/mol. The first kappa shape index (κ1) is 9.65. The minimum Gasteiger partial charge on any atom is -0.477 e. The van der Waals surface area contributed by atoms with Crippen LogP contribution < -0.4 is 0 Å². The van der Waals surface area contributed by atoms with Crippen LogP contribution in [0.1, 0.15) is 10.5 Å². The maximum Gasteiger partial charge on any atom is 0.353 e. The van der Waals surface area contributed by atoms with Crippen LogP contribution in [0.4, 0.5) is 0 Å². The number of carboxylic acid groups (broad SMARTS) is 1. The van der Waals surface area contributed by atoms with Crippen molar-refractivity contribution in [3.63, 3.8) is 0 Å². The van der Waals surface area contributed by atoms with E-state index in [1.165, 1.54) is 6.20 Å². The summed E-state index contributed by atoms with van der Waals surface area (Å²) < 4.78 is 5.28. The number of aromatic nitrogens is 2. The number of benzene rings is 1. The summed E-state index contributed by atoms with van der Waals surface area (Å²) in [6.45, 7) is 0. The summed E-state index contributed by atoms with van der Waals surface area (Å²) in [5, 5.41) is 9.79. The van der Waals surface area contributed by atoms with Gasteiger partial charge in [-0.3, -0.25) is 0 Å². The van der Waals surface area contributed by atoms with Crippen LogP contribution in [0, 0.1) is 0 Å². The van der Waals surface area contributed by atoms with E-state index in [2.05, 4.69) is 9.97 Å². The Labute approximate surface area is 95.7 Å². The molecule has 5 heteroatoms. The fraction of sp³-hybridized carbons (Fsp3) is 0. The molecule has 0 radical (unpaired) electrons. The molecule has 2 heterocycles. The second-order valence-corrected chi connectivity index (χ2v) is 3.62. The number of H-pyrrole nitrogens is 1. The second-order valence-electron chi connectivity index (χ2n) is 3.62. The van der Waals surface area contributed by atoms with Crippen molar-refractivity contribution in [2.75, 3.05) is 0 Å². The SMILES string of the molecule is O=C(O)c1cnc(-c2ccc3ccoc3c2)[nH]1. The van der Waals surface area contributed by atoms with Crippen LogP contribution in [-0.4, -0.2) is 21.0 Å². The highest BCUT2D eigenvalue weighted by atomic mass is 16.4. The molecule has 0 aliphatic rings. The van der Waals surface area contributed by atoms with E-state index >= 15 is 0 Å². The van der Waals surface area contributed by atoms with Gasteiger partial charge in [-0.2, -0.15) is 0 Å². The van der Waals surface area contributed by atoms with Gasteiger partial charge in [-0.05, 0) is 12.1 Å². The Morgan fingerprint density at radius 2 is 2.24 bits per heavy atom. The average Bonchev–Trinajstić information content (AvgIpc) is 2.97. The number of nitrogens with zero attached hydrogens (tertiary/aromatic N) is 1. The first-order valence-corrected chi connectivity index (χ1v) is 5.00. The highest BCUT2D eigenvalue weighted by Crippen LogP contribution is 2.22. The number of imidazole rings is 1. The van der Waals surface area contributed by atoms with Gasteiger partial charge >= 0.3 is 5.97 Å². The van der Waals surface area contributed by atoms with Crippen LogP contribution in [0.3, 0.4) is 0 Å². The lowest BCUT2D eigenvalue weighted by atomic mass is 10.1. The molecule has 0 amide bonds. The van der Waals surface area contributed by atoms with E-state index in [0.29, 0.717) is 5.82 Å². The average molecular weight is 228 g/mol. The summed E-state index contributed by atoms with van der Waals surface area (Å²) in [6, 6.07) is 7.45. The highest BCUT2D eigenvalue weighted by molar-refractivity contribution is 5.86. The molecule has 2 aromatic heterocycles. The second kappa shape index (κ2) is 3.48. The van der Waals surface area contributed by atoms with Crippen LogP contribution in [-0.2, 0) is 0 Å².